The smallest absolute Gasteiger partial charge is 0.311 e. The van der Waals surface area contributed by atoms with E-state index in [4.69, 9.17) is 9.47 Å². The third-order valence-electron chi connectivity index (χ3n) is 2.14. The monoisotopic (exact) mass is 266 g/mol. The first kappa shape index (κ1) is 14.7. The molecule has 0 aliphatic rings. The van der Waals surface area contributed by atoms with E-state index in [0.29, 0.717) is 12.2 Å². The Balaban J connectivity index is 2.94. The highest BCUT2D eigenvalue weighted by Gasteiger charge is 2.15. The van der Waals surface area contributed by atoms with Crippen molar-refractivity contribution in [1.29, 1.82) is 0 Å². The molecule has 0 saturated heterocycles. The Morgan fingerprint density at radius 2 is 2.16 bits per heavy atom. The number of hydrogen-bond acceptors (Lipinski definition) is 6. The van der Waals surface area contributed by atoms with Crippen LogP contribution in [0.2, 0.25) is 0 Å². The quantitative estimate of drug-likeness (QED) is 0.306. The van der Waals surface area contributed by atoms with Crippen molar-refractivity contribution >= 4 is 17.7 Å². The van der Waals surface area contributed by atoms with Gasteiger partial charge < -0.3 is 19.4 Å². The van der Waals surface area contributed by atoms with Crippen molar-refractivity contribution in [1.82, 2.24) is 0 Å². The van der Waals surface area contributed by atoms with Crippen molar-refractivity contribution in [3.8, 4) is 5.75 Å². The number of methoxy groups -OCH3 is 1. The molecule has 0 fully saturated rings. The number of nitro benzene ring substituents is 1. The minimum absolute atomic E-state index is 0.104. The third kappa shape index (κ3) is 4.76. The molecule has 0 amide bonds. The largest absolute Gasteiger partial charge is 0.545 e. The Kier molecular flexibility index (Phi) is 5.49. The van der Waals surface area contributed by atoms with Crippen LogP contribution in [0.1, 0.15) is 5.56 Å². The zero-order valence-electron chi connectivity index (χ0n) is 10.2. The predicted octanol–water partition coefficient (Wildman–Crippen LogP) is 0.383. The van der Waals surface area contributed by atoms with Gasteiger partial charge in [-0.05, 0) is 17.7 Å². The number of carboxylic acid groups (broad SMARTS) is 1. The highest BCUT2D eigenvalue weighted by atomic mass is 16.6. The van der Waals surface area contributed by atoms with Crippen LogP contribution in [0.25, 0.3) is 6.08 Å². The van der Waals surface area contributed by atoms with Gasteiger partial charge in [0.2, 0.25) is 0 Å². The molecule has 1 aromatic rings. The molecule has 19 heavy (non-hydrogen) atoms. The number of nitro groups is 1. The van der Waals surface area contributed by atoms with Gasteiger partial charge in [0.15, 0.2) is 5.75 Å². The van der Waals surface area contributed by atoms with Gasteiger partial charge in [-0.15, -0.1) is 0 Å². The maximum atomic E-state index is 10.9. The van der Waals surface area contributed by atoms with Crippen molar-refractivity contribution in [3.63, 3.8) is 0 Å². The molecule has 102 valence electrons. The standard InChI is InChI=1S/C12H13NO6/c1-18-6-7-19-11-4-2-9(3-5-12(14)15)8-10(11)13(16)17/h2-5,8H,6-7H2,1H3,(H,14,15)/p-1/b5-3+. The topological polar surface area (TPSA) is 102 Å². The summed E-state index contributed by atoms with van der Waals surface area (Å²) in [4.78, 5) is 20.6. The van der Waals surface area contributed by atoms with Crippen LogP contribution in [-0.4, -0.2) is 31.2 Å². The fourth-order valence-electron chi connectivity index (χ4n) is 1.30. The minimum Gasteiger partial charge on any atom is -0.545 e. The summed E-state index contributed by atoms with van der Waals surface area (Å²) in [5.41, 5.74) is 0.131. The number of carbonyl (C=O) groups excluding carboxylic acids is 1. The van der Waals surface area contributed by atoms with E-state index < -0.39 is 10.9 Å². The molecule has 0 aliphatic heterocycles. The van der Waals surface area contributed by atoms with Crippen LogP contribution in [0, 0.1) is 10.1 Å². The summed E-state index contributed by atoms with van der Waals surface area (Å²) in [5.74, 6) is -1.27. The molecule has 0 heterocycles. The van der Waals surface area contributed by atoms with Gasteiger partial charge in [-0.2, -0.15) is 0 Å². The molecule has 0 aliphatic carbocycles. The number of aliphatic carboxylic acids is 1. The van der Waals surface area contributed by atoms with Crippen molar-refractivity contribution in [2.45, 2.75) is 0 Å². The lowest BCUT2D eigenvalue weighted by Crippen LogP contribution is -2.18. The Bertz CT molecular complexity index is 497. The Morgan fingerprint density at radius 1 is 1.42 bits per heavy atom. The van der Waals surface area contributed by atoms with Gasteiger partial charge in [0.1, 0.15) is 6.61 Å². The van der Waals surface area contributed by atoms with E-state index in [-0.39, 0.29) is 18.0 Å². The van der Waals surface area contributed by atoms with Crippen molar-refractivity contribution in [3.05, 3.63) is 40.0 Å². The highest BCUT2D eigenvalue weighted by molar-refractivity contribution is 5.83. The summed E-state index contributed by atoms with van der Waals surface area (Å²) in [5, 5.41) is 21.1. The van der Waals surface area contributed by atoms with Crippen LogP contribution >= 0.6 is 0 Å². The lowest BCUT2D eigenvalue weighted by atomic mass is 10.1. The average molecular weight is 266 g/mol. The van der Waals surface area contributed by atoms with E-state index in [0.717, 1.165) is 6.08 Å². The van der Waals surface area contributed by atoms with Gasteiger partial charge in [-0.3, -0.25) is 10.1 Å². The number of ether oxygens (including phenoxy) is 2. The second-order valence-corrected chi connectivity index (χ2v) is 3.48. The molecule has 0 unspecified atom stereocenters. The van der Waals surface area contributed by atoms with Crippen LogP contribution in [-0.2, 0) is 9.53 Å². The van der Waals surface area contributed by atoms with Gasteiger partial charge >= 0.3 is 5.69 Å². The van der Waals surface area contributed by atoms with Gasteiger partial charge in [0.25, 0.3) is 0 Å². The molecule has 0 bridgehead atoms. The summed E-state index contributed by atoms with van der Waals surface area (Å²) in [6, 6.07) is 4.14. The van der Waals surface area contributed by atoms with Crippen LogP contribution in [0.15, 0.2) is 24.3 Å². The predicted molar refractivity (Wildman–Crippen MR) is 64.5 cm³/mol. The third-order valence-corrected chi connectivity index (χ3v) is 2.14. The van der Waals surface area contributed by atoms with E-state index in [1.165, 1.54) is 31.4 Å². The molecule has 1 rings (SSSR count). The van der Waals surface area contributed by atoms with E-state index in [9.17, 15) is 20.0 Å². The lowest BCUT2D eigenvalue weighted by molar-refractivity contribution is -0.385. The van der Waals surface area contributed by atoms with Gasteiger partial charge in [-0.25, -0.2) is 0 Å². The second-order valence-electron chi connectivity index (χ2n) is 3.48. The van der Waals surface area contributed by atoms with E-state index in [1.54, 1.807) is 0 Å². The van der Waals surface area contributed by atoms with Gasteiger partial charge in [0.05, 0.1) is 17.5 Å². The molecular weight excluding hydrogens is 254 g/mol. The first-order valence-corrected chi connectivity index (χ1v) is 5.34. The van der Waals surface area contributed by atoms with Crippen molar-refractivity contribution in [2.24, 2.45) is 0 Å². The lowest BCUT2D eigenvalue weighted by Gasteiger charge is -2.06. The molecular formula is C12H12NO6-. The van der Waals surface area contributed by atoms with E-state index >= 15 is 0 Å². The first-order chi connectivity index (χ1) is 9.04. The van der Waals surface area contributed by atoms with Gasteiger partial charge in [0, 0.05) is 13.2 Å². The summed E-state index contributed by atoms with van der Waals surface area (Å²) >= 11 is 0. The second kappa shape index (κ2) is 7.12. The Hall–Kier alpha value is -2.41. The van der Waals surface area contributed by atoms with Crippen LogP contribution in [0.3, 0.4) is 0 Å². The minimum atomic E-state index is -1.37. The first-order valence-electron chi connectivity index (χ1n) is 5.34. The SMILES string of the molecule is COCCOc1ccc(/C=C/C(=O)[O-])cc1[N+](=O)[O-]. The van der Waals surface area contributed by atoms with Crippen molar-refractivity contribution < 1.29 is 24.3 Å². The highest BCUT2D eigenvalue weighted by Crippen LogP contribution is 2.28. The van der Waals surface area contributed by atoms with E-state index in [2.05, 4.69) is 0 Å². The maximum Gasteiger partial charge on any atom is 0.311 e. The average Bonchev–Trinajstić information content (AvgIpc) is 2.37. The Morgan fingerprint density at radius 3 is 2.74 bits per heavy atom. The number of nitrogens with zero attached hydrogens (tertiary/aromatic N) is 1. The number of hydrogen-bond donors (Lipinski definition) is 0. The van der Waals surface area contributed by atoms with Crippen LogP contribution in [0.5, 0.6) is 5.75 Å². The van der Waals surface area contributed by atoms with Crippen LogP contribution in [0.4, 0.5) is 5.69 Å². The summed E-state index contributed by atoms with van der Waals surface area (Å²) in [6.45, 7) is 0.495. The molecule has 7 nitrogen and oxygen atoms in total. The molecule has 0 radical (unpaired) electrons. The molecule has 0 saturated carbocycles. The summed E-state index contributed by atoms with van der Waals surface area (Å²) in [6.07, 6.45) is 2.01. The van der Waals surface area contributed by atoms with E-state index in [1.807, 2.05) is 0 Å². The zero-order chi connectivity index (χ0) is 14.3. The summed E-state index contributed by atoms with van der Waals surface area (Å²) < 4.78 is 9.97. The number of rotatable bonds is 7. The molecule has 0 spiro atoms. The molecule has 1 aromatic carbocycles. The number of carboxylic acids is 1. The molecule has 0 N–H and O–H groups in total. The van der Waals surface area contributed by atoms with Gasteiger partial charge in [-0.1, -0.05) is 12.1 Å². The summed E-state index contributed by atoms with van der Waals surface area (Å²) in [7, 11) is 1.49. The fraction of sp³-hybridized carbons (Fsp3) is 0.250. The maximum absolute atomic E-state index is 10.9. The molecule has 0 aromatic heterocycles. The normalized spacial score (nSPS) is 10.6. The zero-order valence-corrected chi connectivity index (χ0v) is 10.2. The number of benzene rings is 1. The number of carbonyl (C=O) groups is 1. The van der Waals surface area contributed by atoms with Crippen molar-refractivity contribution in [2.75, 3.05) is 20.3 Å². The molecule has 7 heteroatoms. The van der Waals surface area contributed by atoms with Crippen LogP contribution < -0.4 is 9.84 Å². The fourth-order valence-corrected chi connectivity index (χ4v) is 1.30. The molecule has 0 atom stereocenters. The Labute approximate surface area is 109 Å².